The Balaban J connectivity index is 3.20. The molecule has 68 valence electrons. The number of hydrogen-bond donors (Lipinski definition) is 0. The molecule has 0 amide bonds. The molecule has 1 aromatic heterocycles. The van der Waals surface area contributed by atoms with Crippen molar-refractivity contribution in [2.75, 3.05) is 0 Å². The fourth-order valence-electron chi connectivity index (χ4n) is 0.768. The zero-order valence-electron chi connectivity index (χ0n) is 6.68. The largest absolute Gasteiger partial charge is 0.373 e. The number of halogens is 3. The number of nitrogens with zero attached hydrogens (tertiary/aromatic N) is 2. The van der Waals surface area contributed by atoms with Gasteiger partial charge >= 0.3 is 5.92 Å². The Bertz CT molecular complexity index is 371. The third-order valence-corrected chi connectivity index (χ3v) is 2.34. The van der Waals surface area contributed by atoms with Crippen molar-refractivity contribution in [1.82, 2.24) is 4.98 Å². The summed E-state index contributed by atoms with van der Waals surface area (Å²) in [6.07, 6.45) is 1.26. The van der Waals surface area contributed by atoms with E-state index in [0.717, 1.165) is 6.07 Å². The molecule has 0 fully saturated rings. The Labute approximate surface area is 82.3 Å². The molecule has 0 N–H and O–H groups in total. The molecule has 0 spiro atoms. The van der Waals surface area contributed by atoms with Crippen LogP contribution in [0.1, 0.15) is 11.3 Å². The molecule has 0 radical (unpaired) electrons. The van der Waals surface area contributed by atoms with Crippen molar-refractivity contribution in [2.24, 2.45) is 0 Å². The van der Waals surface area contributed by atoms with Crippen LogP contribution in [-0.4, -0.2) is 4.98 Å². The third-order valence-electron chi connectivity index (χ3n) is 1.51. The molecule has 0 saturated heterocycles. The second-order valence-electron chi connectivity index (χ2n) is 2.50. The minimum absolute atomic E-state index is 0.518. The Morgan fingerprint density at radius 2 is 2.23 bits per heavy atom. The smallest absolute Gasteiger partial charge is 0.253 e. The number of nitriles is 1. The van der Waals surface area contributed by atoms with Crippen LogP contribution in [0.15, 0.2) is 16.7 Å². The third kappa shape index (κ3) is 2.01. The first-order chi connectivity index (χ1) is 5.97. The molecular weight excluding hydrogens is 242 g/mol. The SMILES string of the molecule is Cc1cc(C(F)(F)C#N)ncc1Br. The molecule has 13 heavy (non-hydrogen) atoms. The fraction of sp³-hybridized carbons (Fsp3) is 0.250. The summed E-state index contributed by atoms with van der Waals surface area (Å²) in [5, 5.41) is 8.16. The molecule has 0 aliphatic heterocycles. The predicted octanol–water partition coefficient (Wildman–Crippen LogP) is 2.77. The predicted molar refractivity (Wildman–Crippen MR) is 46.2 cm³/mol. The summed E-state index contributed by atoms with van der Waals surface area (Å²) < 4.78 is 26.2. The number of aryl methyl sites for hydroxylation is 1. The summed E-state index contributed by atoms with van der Waals surface area (Å²) in [5.74, 6) is -3.51. The van der Waals surface area contributed by atoms with Crippen LogP contribution in [0.5, 0.6) is 0 Å². The lowest BCUT2D eigenvalue weighted by Gasteiger charge is -2.07. The van der Waals surface area contributed by atoms with Gasteiger partial charge in [0.15, 0.2) is 0 Å². The summed E-state index contributed by atoms with van der Waals surface area (Å²) in [5.41, 5.74) is 0.107. The lowest BCUT2D eigenvalue weighted by Crippen LogP contribution is -2.12. The maximum atomic E-state index is 12.8. The zero-order chi connectivity index (χ0) is 10.1. The summed E-state index contributed by atoms with van der Waals surface area (Å²) in [7, 11) is 0. The van der Waals surface area contributed by atoms with Crippen molar-refractivity contribution in [1.29, 1.82) is 5.26 Å². The molecule has 0 saturated carbocycles. The molecular formula is C8H5BrF2N2. The number of hydrogen-bond acceptors (Lipinski definition) is 2. The van der Waals surface area contributed by atoms with Gasteiger partial charge in [0.2, 0.25) is 0 Å². The van der Waals surface area contributed by atoms with Crippen LogP contribution in [0.3, 0.4) is 0 Å². The van der Waals surface area contributed by atoms with Crippen LogP contribution < -0.4 is 0 Å². The van der Waals surface area contributed by atoms with E-state index in [1.54, 1.807) is 6.92 Å². The first-order valence-corrected chi connectivity index (χ1v) is 4.18. The molecule has 0 aliphatic rings. The molecule has 5 heteroatoms. The average Bonchev–Trinajstić information content (AvgIpc) is 2.09. The first kappa shape index (κ1) is 10.1. The van der Waals surface area contributed by atoms with Crippen molar-refractivity contribution < 1.29 is 8.78 Å². The van der Waals surface area contributed by atoms with E-state index in [0.29, 0.717) is 10.0 Å². The van der Waals surface area contributed by atoms with Crippen LogP contribution in [-0.2, 0) is 5.92 Å². The van der Waals surface area contributed by atoms with Gasteiger partial charge in [-0.15, -0.1) is 0 Å². The van der Waals surface area contributed by atoms with Gasteiger partial charge in [0.05, 0.1) is 0 Å². The van der Waals surface area contributed by atoms with Crippen molar-refractivity contribution in [3.8, 4) is 6.07 Å². The molecule has 2 nitrogen and oxygen atoms in total. The van der Waals surface area contributed by atoms with Gasteiger partial charge in [-0.25, -0.2) is 0 Å². The monoisotopic (exact) mass is 246 g/mol. The minimum atomic E-state index is -3.51. The fourth-order valence-corrected chi connectivity index (χ4v) is 0.985. The normalized spacial score (nSPS) is 11.0. The maximum absolute atomic E-state index is 12.8. The second-order valence-corrected chi connectivity index (χ2v) is 3.36. The zero-order valence-corrected chi connectivity index (χ0v) is 8.27. The highest BCUT2D eigenvalue weighted by Gasteiger charge is 2.33. The highest BCUT2D eigenvalue weighted by Crippen LogP contribution is 2.27. The molecule has 1 aromatic rings. The Kier molecular flexibility index (Phi) is 2.62. The van der Waals surface area contributed by atoms with Crippen molar-refractivity contribution >= 4 is 15.9 Å². The maximum Gasteiger partial charge on any atom is 0.373 e. The summed E-state index contributed by atoms with van der Waals surface area (Å²) >= 11 is 3.13. The Hall–Kier alpha value is -1.02. The summed E-state index contributed by atoms with van der Waals surface area (Å²) in [6.45, 7) is 1.66. The van der Waals surface area contributed by atoms with Gasteiger partial charge < -0.3 is 0 Å². The lowest BCUT2D eigenvalue weighted by atomic mass is 10.2. The van der Waals surface area contributed by atoms with E-state index in [1.807, 2.05) is 0 Å². The van der Waals surface area contributed by atoms with Gasteiger partial charge in [-0.05, 0) is 34.5 Å². The van der Waals surface area contributed by atoms with E-state index in [9.17, 15) is 8.78 Å². The van der Waals surface area contributed by atoms with Gasteiger partial charge in [0.1, 0.15) is 11.8 Å². The van der Waals surface area contributed by atoms with E-state index in [4.69, 9.17) is 5.26 Å². The van der Waals surface area contributed by atoms with Crippen LogP contribution in [0.4, 0.5) is 8.78 Å². The van der Waals surface area contributed by atoms with Gasteiger partial charge in [0.25, 0.3) is 0 Å². The number of aromatic nitrogens is 1. The highest BCUT2D eigenvalue weighted by atomic mass is 79.9. The highest BCUT2D eigenvalue weighted by molar-refractivity contribution is 9.10. The van der Waals surface area contributed by atoms with Gasteiger partial charge in [-0.3, -0.25) is 4.98 Å². The molecule has 1 rings (SSSR count). The van der Waals surface area contributed by atoms with Crippen molar-refractivity contribution in [3.63, 3.8) is 0 Å². The van der Waals surface area contributed by atoms with Gasteiger partial charge in [0, 0.05) is 10.7 Å². The number of alkyl halides is 2. The van der Waals surface area contributed by atoms with Gasteiger partial charge in [-0.2, -0.15) is 14.0 Å². The van der Waals surface area contributed by atoms with E-state index in [-0.39, 0.29) is 0 Å². The minimum Gasteiger partial charge on any atom is -0.253 e. The van der Waals surface area contributed by atoms with Crippen LogP contribution >= 0.6 is 15.9 Å². The lowest BCUT2D eigenvalue weighted by molar-refractivity contribution is 0.0562. The molecule has 0 atom stereocenters. The van der Waals surface area contributed by atoms with E-state index >= 15 is 0 Å². The van der Waals surface area contributed by atoms with E-state index in [2.05, 4.69) is 20.9 Å². The van der Waals surface area contributed by atoms with E-state index in [1.165, 1.54) is 12.3 Å². The Morgan fingerprint density at radius 3 is 2.69 bits per heavy atom. The quantitative estimate of drug-likeness (QED) is 0.764. The molecule has 0 unspecified atom stereocenters. The second kappa shape index (κ2) is 3.38. The molecule has 0 aliphatic carbocycles. The van der Waals surface area contributed by atoms with Crippen LogP contribution in [0, 0.1) is 18.3 Å². The van der Waals surface area contributed by atoms with Crippen molar-refractivity contribution in [3.05, 3.63) is 28.0 Å². The Morgan fingerprint density at radius 1 is 1.62 bits per heavy atom. The average molecular weight is 247 g/mol. The number of pyridine rings is 1. The van der Waals surface area contributed by atoms with E-state index < -0.39 is 11.6 Å². The van der Waals surface area contributed by atoms with Crippen LogP contribution in [0.2, 0.25) is 0 Å². The van der Waals surface area contributed by atoms with Gasteiger partial charge in [-0.1, -0.05) is 0 Å². The topological polar surface area (TPSA) is 36.7 Å². The molecule has 0 aromatic carbocycles. The first-order valence-electron chi connectivity index (χ1n) is 3.39. The summed E-state index contributed by atoms with van der Waals surface area (Å²) in [4.78, 5) is 3.46. The van der Waals surface area contributed by atoms with Crippen molar-refractivity contribution in [2.45, 2.75) is 12.8 Å². The molecule has 1 heterocycles. The number of rotatable bonds is 1. The standard InChI is InChI=1S/C8H5BrF2N2/c1-5-2-7(8(10,11)4-12)13-3-6(5)9/h2-3H,1H3. The summed E-state index contributed by atoms with van der Waals surface area (Å²) in [6, 6.07) is 2.08. The van der Waals surface area contributed by atoms with Crippen LogP contribution in [0.25, 0.3) is 0 Å². The molecule has 0 bridgehead atoms.